The summed E-state index contributed by atoms with van der Waals surface area (Å²) in [6, 6.07) is 7.02. The third-order valence-electron chi connectivity index (χ3n) is 4.90. The third-order valence-corrected chi connectivity index (χ3v) is 4.90. The zero-order valence-electron chi connectivity index (χ0n) is 15.5. The topological polar surface area (TPSA) is 72.5 Å². The van der Waals surface area contributed by atoms with Gasteiger partial charge in [0, 0.05) is 17.7 Å². The zero-order valence-corrected chi connectivity index (χ0v) is 15.5. The summed E-state index contributed by atoms with van der Waals surface area (Å²) in [5.74, 6) is 2.34. The zero-order chi connectivity index (χ0) is 19.1. The number of carbonyl (C=O) groups excluding carboxylic acids is 1. The minimum atomic E-state index is -0.759. The van der Waals surface area contributed by atoms with Gasteiger partial charge in [-0.3, -0.25) is 4.79 Å². The molecule has 142 valence electrons. The Hall–Kier alpha value is -2.93. The average Bonchev–Trinajstić information content (AvgIpc) is 2.71. The standard InChI is InChI=1S/C20H20O7/c1-22-11-6-15(25-4)17-16(7-11)27-19-12-8-14(24-3)13(23-2)5-10(12)9-26-20(19)18(17)21/h5-8,19-20H,9H2,1-4H3/t19-,20+/m1/s1. The molecule has 7 nitrogen and oxygen atoms in total. The number of Topliss-reactive ketones (excluding diaryl/α,β-unsaturated/α-hetero) is 1. The van der Waals surface area contributed by atoms with Crippen LogP contribution < -0.4 is 23.7 Å². The summed E-state index contributed by atoms with van der Waals surface area (Å²) >= 11 is 0. The van der Waals surface area contributed by atoms with Gasteiger partial charge in [-0.2, -0.15) is 0 Å². The molecule has 0 radical (unpaired) electrons. The summed E-state index contributed by atoms with van der Waals surface area (Å²) < 4.78 is 33.5. The normalized spacial score (nSPS) is 19.9. The van der Waals surface area contributed by atoms with Gasteiger partial charge in [0.1, 0.15) is 22.8 Å². The van der Waals surface area contributed by atoms with Crippen molar-refractivity contribution in [2.75, 3.05) is 28.4 Å². The lowest BCUT2D eigenvalue weighted by atomic mass is 9.88. The van der Waals surface area contributed by atoms with Crippen LogP contribution in [0.2, 0.25) is 0 Å². The fourth-order valence-corrected chi connectivity index (χ4v) is 3.55. The highest BCUT2D eigenvalue weighted by Gasteiger charge is 2.44. The van der Waals surface area contributed by atoms with Crippen LogP contribution in [0.25, 0.3) is 0 Å². The summed E-state index contributed by atoms with van der Waals surface area (Å²) in [5, 5.41) is 0. The first-order chi connectivity index (χ1) is 13.1. The van der Waals surface area contributed by atoms with Gasteiger partial charge in [0.05, 0.1) is 35.0 Å². The van der Waals surface area contributed by atoms with Crippen molar-refractivity contribution in [2.24, 2.45) is 0 Å². The maximum absolute atomic E-state index is 13.1. The smallest absolute Gasteiger partial charge is 0.203 e. The Balaban J connectivity index is 1.84. The summed E-state index contributed by atoms with van der Waals surface area (Å²) in [6.45, 7) is 0.278. The van der Waals surface area contributed by atoms with Crippen LogP contribution in [0.4, 0.5) is 0 Å². The molecule has 0 amide bonds. The number of hydrogen-bond donors (Lipinski definition) is 0. The van der Waals surface area contributed by atoms with Crippen LogP contribution >= 0.6 is 0 Å². The fraction of sp³-hybridized carbons (Fsp3) is 0.350. The molecule has 0 N–H and O–H groups in total. The molecule has 0 aliphatic carbocycles. The maximum atomic E-state index is 13.1. The predicted molar refractivity (Wildman–Crippen MR) is 95.4 cm³/mol. The van der Waals surface area contributed by atoms with Crippen molar-refractivity contribution in [2.45, 2.75) is 18.8 Å². The number of benzene rings is 2. The molecule has 2 aliphatic rings. The van der Waals surface area contributed by atoms with Crippen LogP contribution in [-0.2, 0) is 11.3 Å². The second-order valence-corrected chi connectivity index (χ2v) is 6.24. The number of rotatable bonds is 4. The van der Waals surface area contributed by atoms with Gasteiger partial charge in [0.25, 0.3) is 0 Å². The summed E-state index contributed by atoms with van der Waals surface area (Å²) in [5.41, 5.74) is 2.09. The maximum Gasteiger partial charge on any atom is 0.203 e. The molecule has 0 saturated carbocycles. The SMILES string of the molecule is COc1cc(OC)c2c(c1)O[C@@H]1c3cc(OC)c(OC)cc3CO[C@H]1C2=O. The molecule has 0 unspecified atom stereocenters. The van der Waals surface area contributed by atoms with Gasteiger partial charge in [-0.25, -0.2) is 0 Å². The quantitative estimate of drug-likeness (QED) is 0.817. The number of hydrogen-bond acceptors (Lipinski definition) is 7. The van der Waals surface area contributed by atoms with E-state index < -0.39 is 12.2 Å². The summed E-state index contributed by atoms with van der Waals surface area (Å²) in [4.78, 5) is 13.1. The van der Waals surface area contributed by atoms with Crippen LogP contribution in [0.1, 0.15) is 27.6 Å². The Morgan fingerprint density at radius 2 is 1.56 bits per heavy atom. The molecule has 0 bridgehead atoms. The number of ether oxygens (including phenoxy) is 6. The fourth-order valence-electron chi connectivity index (χ4n) is 3.55. The molecular formula is C20H20O7. The van der Waals surface area contributed by atoms with Crippen molar-refractivity contribution < 1.29 is 33.2 Å². The molecule has 2 aromatic carbocycles. The first-order valence-corrected chi connectivity index (χ1v) is 8.44. The number of ketones is 1. The lowest BCUT2D eigenvalue weighted by molar-refractivity contribution is -0.0427. The minimum Gasteiger partial charge on any atom is -0.496 e. The summed E-state index contributed by atoms with van der Waals surface area (Å²) in [6.07, 6.45) is -1.35. The molecule has 7 heteroatoms. The lowest BCUT2D eigenvalue weighted by Gasteiger charge is -2.37. The predicted octanol–water partition coefficient (Wildman–Crippen LogP) is 2.94. The highest BCUT2D eigenvalue weighted by Crippen LogP contribution is 2.47. The molecular weight excluding hydrogens is 352 g/mol. The van der Waals surface area contributed by atoms with Crippen molar-refractivity contribution in [3.05, 3.63) is 41.0 Å². The van der Waals surface area contributed by atoms with Crippen molar-refractivity contribution in [3.8, 4) is 28.7 Å². The van der Waals surface area contributed by atoms with Crippen LogP contribution in [0.5, 0.6) is 28.7 Å². The van der Waals surface area contributed by atoms with E-state index in [1.165, 1.54) is 7.11 Å². The summed E-state index contributed by atoms with van der Waals surface area (Å²) in [7, 11) is 6.19. The second kappa shape index (κ2) is 6.66. The van der Waals surface area contributed by atoms with E-state index in [4.69, 9.17) is 28.4 Å². The Kier molecular flexibility index (Phi) is 4.31. The van der Waals surface area contributed by atoms with Gasteiger partial charge in [-0.05, 0) is 17.7 Å². The van der Waals surface area contributed by atoms with Crippen LogP contribution in [0.3, 0.4) is 0 Å². The Bertz CT molecular complexity index is 906. The van der Waals surface area contributed by atoms with E-state index in [0.717, 1.165) is 11.1 Å². The minimum absolute atomic E-state index is 0.179. The van der Waals surface area contributed by atoms with Gasteiger partial charge in [-0.1, -0.05) is 0 Å². The third kappa shape index (κ3) is 2.66. The highest BCUT2D eigenvalue weighted by atomic mass is 16.6. The van der Waals surface area contributed by atoms with E-state index >= 15 is 0 Å². The first kappa shape index (κ1) is 17.5. The number of fused-ring (bicyclic) bond motifs is 4. The largest absolute Gasteiger partial charge is 0.496 e. The van der Waals surface area contributed by atoms with Crippen LogP contribution in [0.15, 0.2) is 24.3 Å². The molecule has 0 spiro atoms. The van der Waals surface area contributed by atoms with Gasteiger partial charge in [0.15, 0.2) is 23.7 Å². The van der Waals surface area contributed by atoms with E-state index in [-0.39, 0.29) is 12.4 Å². The van der Waals surface area contributed by atoms with E-state index in [9.17, 15) is 4.79 Å². The van der Waals surface area contributed by atoms with Crippen LogP contribution in [-0.4, -0.2) is 40.3 Å². The van der Waals surface area contributed by atoms with Gasteiger partial charge >= 0.3 is 0 Å². The van der Waals surface area contributed by atoms with Crippen LogP contribution in [0, 0.1) is 0 Å². The molecule has 2 atom stereocenters. The Labute approximate surface area is 156 Å². The van der Waals surface area contributed by atoms with E-state index in [2.05, 4.69) is 0 Å². The molecule has 2 aromatic rings. The van der Waals surface area contributed by atoms with Gasteiger partial charge in [0.2, 0.25) is 5.78 Å². The van der Waals surface area contributed by atoms with E-state index in [1.807, 2.05) is 12.1 Å². The lowest BCUT2D eigenvalue weighted by Crippen LogP contribution is -2.41. The highest BCUT2D eigenvalue weighted by molar-refractivity contribution is 6.06. The Morgan fingerprint density at radius 3 is 2.22 bits per heavy atom. The van der Waals surface area contributed by atoms with E-state index in [1.54, 1.807) is 33.5 Å². The first-order valence-electron chi connectivity index (χ1n) is 8.44. The average molecular weight is 372 g/mol. The molecule has 2 heterocycles. The molecule has 27 heavy (non-hydrogen) atoms. The van der Waals surface area contributed by atoms with Crippen molar-refractivity contribution in [1.29, 1.82) is 0 Å². The van der Waals surface area contributed by atoms with Crippen molar-refractivity contribution in [3.63, 3.8) is 0 Å². The molecule has 2 aliphatic heterocycles. The molecule has 0 saturated heterocycles. The molecule has 0 aromatic heterocycles. The second-order valence-electron chi connectivity index (χ2n) is 6.24. The van der Waals surface area contributed by atoms with Gasteiger partial charge < -0.3 is 28.4 Å². The Morgan fingerprint density at radius 1 is 0.852 bits per heavy atom. The van der Waals surface area contributed by atoms with Gasteiger partial charge in [-0.15, -0.1) is 0 Å². The molecule has 4 rings (SSSR count). The van der Waals surface area contributed by atoms with E-state index in [0.29, 0.717) is 34.3 Å². The molecule has 0 fully saturated rings. The number of methoxy groups -OCH3 is 4. The monoisotopic (exact) mass is 372 g/mol. The number of carbonyl (C=O) groups is 1. The van der Waals surface area contributed by atoms with Crippen molar-refractivity contribution in [1.82, 2.24) is 0 Å². The van der Waals surface area contributed by atoms with Crippen molar-refractivity contribution >= 4 is 5.78 Å².